The van der Waals surface area contributed by atoms with Crippen LogP contribution in [-0.2, 0) is 14.3 Å². The quantitative estimate of drug-likeness (QED) is 0.113. The van der Waals surface area contributed by atoms with Crippen LogP contribution < -0.4 is 14.4 Å². The zero-order valence-corrected chi connectivity index (χ0v) is 23.5. The van der Waals surface area contributed by atoms with E-state index in [-0.39, 0.29) is 21.3 Å². The van der Waals surface area contributed by atoms with Gasteiger partial charge in [0.1, 0.15) is 28.7 Å². The average Bonchev–Trinajstić information content (AvgIpc) is 3.46. The lowest BCUT2D eigenvalue weighted by molar-refractivity contribution is -0.132. The van der Waals surface area contributed by atoms with Gasteiger partial charge in [-0.15, -0.1) is 0 Å². The van der Waals surface area contributed by atoms with E-state index in [0.717, 1.165) is 17.8 Å². The number of aryl methyl sites for hydroxylation is 2. The van der Waals surface area contributed by atoms with Crippen molar-refractivity contribution >= 4 is 39.9 Å². The Labute approximate surface area is 236 Å². The smallest absolute Gasteiger partial charge is 0.350 e. The van der Waals surface area contributed by atoms with Gasteiger partial charge in [0.05, 0.1) is 31.0 Å². The first-order valence-corrected chi connectivity index (χ1v) is 13.5. The van der Waals surface area contributed by atoms with Gasteiger partial charge in [-0.05, 0) is 61.7 Å². The van der Waals surface area contributed by atoms with Crippen molar-refractivity contribution in [3.63, 3.8) is 0 Å². The molecule has 9 nitrogen and oxygen atoms in total. The lowest BCUT2D eigenvalue weighted by Gasteiger charge is -2.23. The molecule has 4 rings (SSSR count). The minimum Gasteiger partial charge on any atom is -0.507 e. The van der Waals surface area contributed by atoms with Crippen LogP contribution in [0.5, 0.6) is 11.5 Å². The monoisotopic (exact) mass is 562 g/mol. The van der Waals surface area contributed by atoms with Crippen LogP contribution in [0.3, 0.4) is 0 Å². The number of methoxy groups -OCH3 is 1. The number of ketones is 1. The highest BCUT2D eigenvalue weighted by Gasteiger charge is 2.48. The van der Waals surface area contributed by atoms with Crippen LogP contribution in [0.25, 0.3) is 5.76 Å². The Morgan fingerprint density at radius 3 is 2.45 bits per heavy atom. The molecule has 1 aliphatic rings. The molecule has 0 saturated carbocycles. The molecule has 1 fully saturated rings. The van der Waals surface area contributed by atoms with Crippen molar-refractivity contribution in [2.45, 2.75) is 33.2 Å². The molecule has 2 heterocycles. The molecule has 1 N–H and O–H groups in total. The van der Waals surface area contributed by atoms with Crippen molar-refractivity contribution in [1.82, 2.24) is 4.98 Å². The zero-order valence-electron chi connectivity index (χ0n) is 22.7. The fraction of sp³-hybridized carbons (Fsp3) is 0.267. The van der Waals surface area contributed by atoms with Crippen LogP contribution in [-0.4, -0.2) is 48.1 Å². The molecule has 1 amide bonds. The highest BCUT2D eigenvalue weighted by atomic mass is 32.1. The Morgan fingerprint density at radius 1 is 1.12 bits per heavy atom. The van der Waals surface area contributed by atoms with E-state index in [1.54, 1.807) is 62.4 Å². The number of hydrogen-bond donors (Lipinski definition) is 1. The van der Waals surface area contributed by atoms with E-state index < -0.39 is 23.7 Å². The standard InChI is InChI=1S/C30H30N2O7S/c1-6-14-38-20-10-8-19(9-11-20)24-23(25(33)22-13-12-21(16-17(22)3)39-15-7-2)26(34)28(35)32(24)30-31-18(4)27(40-30)29(36)37-5/h6,8-13,16,24,33H,1,7,14-15H2,2-5H3/b25-23-. The molecule has 0 aliphatic carbocycles. The summed E-state index contributed by atoms with van der Waals surface area (Å²) in [6.07, 6.45) is 2.46. The summed E-state index contributed by atoms with van der Waals surface area (Å²) < 4.78 is 16.1. The minimum absolute atomic E-state index is 0.0949. The summed E-state index contributed by atoms with van der Waals surface area (Å²) in [6, 6.07) is 11.0. The first kappa shape index (κ1) is 28.6. The number of amides is 1. The molecule has 1 aromatic heterocycles. The van der Waals surface area contributed by atoms with Gasteiger partial charge in [0.2, 0.25) is 0 Å². The summed E-state index contributed by atoms with van der Waals surface area (Å²) in [5.74, 6) is -1.45. The van der Waals surface area contributed by atoms with Gasteiger partial charge in [-0.2, -0.15) is 0 Å². The van der Waals surface area contributed by atoms with Crippen molar-refractivity contribution in [2.24, 2.45) is 0 Å². The maximum atomic E-state index is 13.5. The van der Waals surface area contributed by atoms with Gasteiger partial charge in [0.15, 0.2) is 5.13 Å². The van der Waals surface area contributed by atoms with Crippen LogP contribution in [0.2, 0.25) is 0 Å². The number of aliphatic hydroxyl groups excluding tert-OH is 1. The van der Waals surface area contributed by atoms with Crippen molar-refractivity contribution in [1.29, 1.82) is 0 Å². The van der Waals surface area contributed by atoms with E-state index in [4.69, 9.17) is 14.2 Å². The normalized spacial score (nSPS) is 16.2. The third-order valence-corrected chi connectivity index (χ3v) is 7.43. The number of anilines is 1. The lowest BCUT2D eigenvalue weighted by Crippen LogP contribution is -2.29. The first-order valence-electron chi connectivity index (χ1n) is 12.7. The lowest BCUT2D eigenvalue weighted by atomic mass is 9.94. The number of thiazole rings is 1. The number of carbonyl (C=O) groups excluding carboxylic acids is 3. The van der Waals surface area contributed by atoms with Crippen molar-refractivity contribution in [3.05, 3.63) is 88.0 Å². The van der Waals surface area contributed by atoms with Gasteiger partial charge >= 0.3 is 11.9 Å². The maximum Gasteiger partial charge on any atom is 0.350 e. The number of carbonyl (C=O) groups is 3. The maximum absolute atomic E-state index is 13.5. The largest absolute Gasteiger partial charge is 0.507 e. The summed E-state index contributed by atoms with van der Waals surface area (Å²) in [7, 11) is 1.25. The zero-order chi connectivity index (χ0) is 29.0. The highest BCUT2D eigenvalue weighted by Crippen LogP contribution is 2.44. The number of hydrogen-bond acceptors (Lipinski definition) is 9. The van der Waals surface area contributed by atoms with Crippen molar-refractivity contribution in [2.75, 3.05) is 25.2 Å². The molecule has 1 atom stereocenters. The molecule has 0 spiro atoms. The average molecular weight is 563 g/mol. The molecule has 0 radical (unpaired) electrons. The SMILES string of the molecule is C=CCOc1ccc(C2/C(=C(/O)c3ccc(OCCC)cc3C)C(=O)C(=O)N2c2nc(C)c(C(=O)OC)s2)cc1. The predicted molar refractivity (Wildman–Crippen MR) is 152 cm³/mol. The number of aromatic nitrogens is 1. The van der Waals surface area contributed by atoms with Crippen LogP contribution in [0.1, 0.15) is 51.4 Å². The number of rotatable bonds is 10. The number of nitrogens with zero attached hydrogens (tertiary/aromatic N) is 2. The Bertz CT molecular complexity index is 1490. The Balaban J connectivity index is 1.87. The van der Waals surface area contributed by atoms with Gasteiger partial charge in [0.25, 0.3) is 5.78 Å². The van der Waals surface area contributed by atoms with E-state index >= 15 is 0 Å². The topological polar surface area (TPSA) is 115 Å². The summed E-state index contributed by atoms with van der Waals surface area (Å²) in [5.41, 5.74) is 1.87. The van der Waals surface area contributed by atoms with Gasteiger partial charge < -0.3 is 19.3 Å². The summed E-state index contributed by atoms with van der Waals surface area (Å²) >= 11 is 0.941. The highest BCUT2D eigenvalue weighted by molar-refractivity contribution is 7.17. The molecule has 2 aromatic carbocycles. The molecule has 10 heteroatoms. The number of esters is 1. The summed E-state index contributed by atoms with van der Waals surface area (Å²) in [6.45, 7) is 9.91. The van der Waals surface area contributed by atoms with Crippen molar-refractivity contribution < 1.29 is 33.7 Å². The Morgan fingerprint density at radius 2 is 1.82 bits per heavy atom. The predicted octanol–water partition coefficient (Wildman–Crippen LogP) is 5.53. The first-order chi connectivity index (χ1) is 19.2. The molecular formula is C30H30N2O7S. The second-order valence-corrected chi connectivity index (χ2v) is 10.0. The summed E-state index contributed by atoms with van der Waals surface area (Å²) in [4.78, 5) is 45.1. The van der Waals surface area contributed by atoms with E-state index in [9.17, 15) is 19.5 Å². The molecule has 40 heavy (non-hydrogen) atoms. The van der Waals surface area contributed by atoms with Crippen LogP contribution in [0.4, 0.5) is 5.13 Å². The Kier molecular flexibility index (Phi) is 8.69. The minimum atomic E-state index is -1.01. The summed E-state index contributed by atoms with van der Waals surface area (Å²) in [5, 5.41) is 11.7. The van der Waals surface area contributed by atoms with Crippen LogP contribution >= 0.6 is 11.3 Å². The molecule has 0 bridgehead atoms. The van der Waals surface area contributed by atoms with E-state index in [0.29, 0.717) is 47.1 Å². The van der Waals surface area contributed by atoms with E-state index in [1.165, 1.54) is 12.0 Å². The fourth-order valence-corrected chi connectivity index (χ4v) is 5.38. The number of Topliss-reactive ketones (excluding diaryl/α,β-unsaturated/α-hetero) is 1. The second kappa shape index (κ2) is 12.2. The van der Waals surface area contributed by atoms with Gasteiger partial charge in [-0.3, -0.25) is 14.5 Å². The molecular weight excluding hydrogens is 532 g/mol. The van der Waals surface area contributed by atoms with E-state index in [2.05, 4.69) is 11.6 Å². The molecule has 1 unspecified atom stereocenters. The molecule has 3 aromatic rings. The van der Waals surface area contributed by atoms with Gasteiger partial charge in [0, 0.05) is 5.56 Å². The number of aliphatic hydroxyl groups is 1. The molecule has 208 valence electrons. The second-order valence-electron chi connectivity index (χ2n) is 9.07. The third-order valence-electron chi connectivity index (χ3n) is 6.30. The van der Waals surface area contributed by atoms with E-state index in [1.807, 2.05) is 6.92 Å². The molecule has 1 saturated heterocycles. The fourth-order valence-electron chi connectivity index (χ4n) is 4.37. The third kappa shape index (κ3) is 5.48. The van der Waals surface area contributed by atoms with Gasteiger partial charge in [-0.1, -0.05) is 43.0 Å². The van der Waals surface area contributed by atoms with Crippen LogP contribution in [0, 0.1) is 13.8 Å². The number of benzene rings is 2. The van der Waals surface area contributed by atoms with Crippen molar-refractivity contribution in [3.8, 4) is 11.5 Å². The number of ether oxygens (including phenoxy) is 3. The van der Waals surface area contributed by atoms with Crippen LogP contribution in [0.15, 0.2) is 60.7 Å². The van der Waals surface area contributed by atoms with Gasteiger partial charge in [-0.25, -0.2) is 9.78 Å². The molecule has 1 aliphatic heterocycles. The Hall–Kier alpha value is -4.44.